The molecule has 0 fully saturated rings. The fraction of sp³-hybridized carbons (Fsp3) is 0.467. The Bertz CT molecular complexity index is 537. The molecule has 0 amide bonds. The maximum atomic E-state index is 5.78. The number of benzene rings is 1. The Hall–Kier alpha value is -1.68. The third-order valence-electron chi connectivity index (χ3n) is 3.30. The van der Waals surface area contributed by atoms with Gasteiger partial charge in [-0.2, -0.15) is 0 Å². The van der Waals surface area contributed by atoms with Crippen molar-refractivity contribution in [1.82, 2.24) is 14.8 Å². The second kappa shape index (κ2) is 5.13. The zero-order chi connectivity index (χ0) is 14.0. The molecule has 0 radical (unpaired) electrons. The molecule has 2 rings (SSSR count). The van der Waals surface area contributed by atoms with Crippen LogP contribution in [-0.4, -0.2) is 14.8 Å². The molecule has 0 saturated carbocycles. The highest BCUT2D eigenvalue weighted by molar-refractivity contribution is 5.25. The van der Waals surface area contributed by atoms with Gasteiger partial charge in [0.1, 0.15) is 11.6 Å². The van der Waals surface area contributed by atoms with Crippen molar-refractivity contribution in [2.24, 2.45) is 5.73 Å². The van der Waals surface area contributed by atoms with Gasteiger partial charge in [-0.15, -0.1) is 10.2 Å². The number of hydrogen-bond acceptors (Lipinski definition) is 3. The third kappa shape index (κ3) is 2.68. The lowest BCUT2D eigenvalue weighted by atomic mass is 9.98. The predicted molar refractivity (Wildman–Crippen MR) is 76.9 cm³/mol. The molecule has 2 N–H and O–H groups in total. The quantitative estimate of drug-likeness (QED) is 0.920. The SMILES string of the molecule is CC(c1ccccc1)c1nnc(CN)n1C(C)(C)C. The maximum Gasteiger partial charge on any atom is 0.147 e. The van der Waals surface area contributed by atoms with Crippen LogP contribution >= 0.6 is 0 Å². The third-order valence-corrected chi connectivity index (χ3v) is 3.30. The average Bonchev–Trinajstić information content (AvgIpc) is 2.82. The summed E-state index contributed by atoms with van der Waals surface area (Å²) in [6.07, 6.45) is 0. The van der Waals surface area contributed by atoms with Crippen molar-refractivity contribution in [3.05, 3.63) is 47.5 Å². The first-order valence-electron chi connectivity index (χ1n) is 6.65. The molecule has 0 aliphatic heterocycles. The van der Waals surface area contributed by atoms with E-state index < -0.39 is 0 Å². The Morgan fingerprint density at radius 2 is 1.79 bits per heavy atom. The van der Waals surface area contributed by atoms with Gasteiger partial charge in [0.15, 0.2) is 0 Å². The van der Waals surface area contributed by atoms with Crippen LogP contribution in [0.15, 0.2) is 30.3 Å². The average molecular weight is 258 g/mol. The maximum absolute atomic E-state index is 5.78. The van der Waals surface area contributed by atoms with Crippen LogP contribution in [0.2, 0.25) is 0 Å². The van der Waals surface area contributed by atoms with Gasteiger partial charge in [-0.25, -0.2) is 0 Å². The largest absolute Gasteiger partial charge is 0.324 e. The van der Waals surface area contributed by atoms with E-state index in [-0.39, 0.29) is 11.5 Å². The summed E-state index contributed by atoms with van der Waals surface area (Å²) in [5.74, 6) is 2.01. The van der Waals surface area contributed by atoms with Gasteiger partial charge in [-0.05, 0) is 26.3 Å². The standard InChI is InChI=1S/C15H22N4/c1-11(12-8-6-5-7-9-12)14-18-17-13(10-16)19(14)15(2,3)4/h5-9,11H,10,16H2,1-4H3. The van der Waals surface area contributed by atoms with E-state index in [1.165, 1.54) is 5.56 Å². The van der Waals surface area contributed by atoms with Crippen LogP contribution in [0.5, 0.6) is 0 Å². The Labute approximate surface area is 114 Å². The highest BCUT2D eigenvalue weighted by Crippen LogP contribution is 2.27. The van der Waals surface area contributed by atoms with Crippen LogP contribution in [0, 0.1) is 0 Å². The summed E-state index contributed by atoms with van der Waals surface area (Å²) in [5.41, 5.74) is 6.94. The van der Waals surface area contributed by atoms with E-state index in [2.05, 4.69) is 54.6 Å². The Balaban J connectivity index is 2.49. The number of rotatable bonds is 3. The highest BCUT2D eigenvalue weighted by Gasteiger charge is 2.25. The molecule has 4 nitrogen and oxygen atoms in total. The summed E-state index contributed by atoms with van der Waals surface area (Å²) in [6, 6.07) is 10.4. The van der Waals surface area contributed by atoms with Gasteiger partial charge in [0.2, 0.25) is 0 Å². The molecule has 1 atom stereocenters. The Kier molecular flexibility index (Phi) is 3.71. The van der Waals surface area contributed by atoms with Crippen molar-refractivity contribution < 1.29 is 0 Å². The smallest absolute Gasteiger partial charge is 0.147 e. The van der Waals surface area contributed by atoms with E-state index in [4.69, 9.17) is 5.73 Å². The van der Waals surface area contributed by atoms with Crippen molar-refractivity contribution in [2.45, 2.75) is 45.7 Å². The molecule has 2 aromatic rings. The molecule has 4 heteroatoms. The summed E-state index contributed by atoms with van der Waals surface area (Å²) in [4.78, 5) is 0. The van der Waals surface area contributed by atoms with E-state index in [0.717, 1.165) is 11.6 Å². The minimum atomic E-state index is -0.0728. The van der Waals surface area contributed by atoms with E-state index in [1.54, 1.807) is 0 Å². The molecular weight excluding hydrogens is 236 g/mol. The zero-order valence-electron chi connectivity index (χ0n) is 12.1. The first-order valence-corrected chi connectivity index (χ1v) is 6.65. The zero-order valence-corrected chi connectivity index (χ0v) is 12.1. The lowest BCUT2D eigenvalue weighted by Crippen LogP contribution is -2.28. The molecule has 1 unspecified atom stereocenters. The highest BCUT2D eigenvalue weighted by atomic mass is 15.3. The van der Waals surface area contributed by atoms with Crippen molar-refractivity contribution in [1.29, 1.82) is 0 Å². The predicted octanol–water partition coefficient (Wildman–Crippen LogP) is 2.64. The molecule has 19 heavy (non-hydrogen) atoms. The fourth-order valence-electron chi connectivity index (χ4n) is 2.36. The summed E-state index contributed by atoms with van der Waals surface area (Å²) in [7, 11) is 0. The minimum Gasteiger partial charge on any atom is -0.324 e. The molecule has 1 aromatic carbocycles. The number of nitrogens with two attached hydrogens (primary N) is 1. The van der Waals surface area contributed by atoms with Gasteiger partial charge in [-0.3, -0.25) is 0 Å². The van der Waals surface area contributed by atoms with Gasteiger partial charge >= 0.3 is 0 Å². The van der Waals surface area contributed by atoms with E-state index in [0.29, 0.717) is 6.54 Å². The van der Waals surface area contributed by atoms with Crippen LogP contribution in [0.3, 0.4) is 0 Å². The molecule has 102 valence electrons. The molecule has 0 aliphatic rings. The van der Waals surface area contributed by atoms with Gasteiger partial charge < -0.3 is 10.3 Å². The molecule has 0 aliphatic carbocycles. The van der Waals surface area contributed by atoms with E-state index in [1.807, 2.05) is 18.2 Å². The monoisotopic (exact) mass is 258 g/mol. The molecule has 1 aromatic heterocycles. The van der Waals surface area contributed by atoms with Crippen LogP contribution in [0.1, 0.15) is 50.8 Å². The fourth-order valence-corrected chi connectivity index (χ4v) is 2.36. The lowest BCUT2D eigenvalue weighted by Gasteiger charge is -2.26. The molecule has 1 heterocycles. The first-order chi connectivity index (χ1) is 8.95. The second-order valence-corrected chi connectivity index (χ2v) is 5.82. The molecule has 0 saturated heterocycles. The molecular formula is C15H22N4. The van der Waals surface area contributed by atoms with Gasteiger partial charge in [0.05, 0.1) is 6.54 Å². The number of aromatic nitrogens is 3. The van der Waals surface area contributed by atoms with Crippen LogP contribution in [0.4, 0.5) is 0 Å². The van der Waals surface area contributed by atoms with Crippen LogP contribution in [-0.2, 0) is 12.1 Å². The number of nitrogens with zero attached hydrogens (tertiary/aromatic N) is 3. The number of hydrogen-bond donors (Lipinski definition) is 1. The summed E-state index contributed by atoms with van der Waals surface area (Å²) in [5, 5.41) is 8.60. The van der Waals surface area contributed by atoms with Gasteiger partial charge in [-0.1, -0.05) is 37.3 Å². The van der Waals surface area contributed by atoms with Crippen molar-refractivity contribution in [2.75, 3.05) is 0 Å². The summed E-state index contributed by atoms with van der Waals surface area (Å²) < 4.78 is 2.16. The molecule has 0 bridgehead atoms. The van der Waals surface area contributed by atoms with Gasteiger partial charge in [0, 0.05) is 11.5 Å². The second-order valence-electron chi connectivity index (χ2n) is 5.82. The van der Waals surface area contributed by atoms with Crippen molar-refractivity contribution >= 4 is 0 Å². The van der Waals surface area contributed by atoms with Crippen molar-refractivity contribution in [3.8, 4) is 0 Å². The van der Waals surface area contributed by atoms with E-state index in [9.17, 15) is 0 Å². The molecule has 0 spiro atoms. The topological polar surface area (TPSA) is 56.7 Å². The summed E-state index contributed by atoms with van der Waals surface area (Å²) in [6.45, 7) is 9.01. The van der Waals surface area contributed by atoms with E-state index >= 15 is 0 Å². The lowest BCUT2D eigenvalue weighted by molar-refractivity contribution is 0.366. The Morgan fingerprint density at radius 3 is 2.32 bits per heavy atom. The Morgan fingerprint density at radius 1 is 1.16 bits per heavy atom. The van der Waals surface area contributed by atoms with Crippen molar-refractivity contribution in [3.63, 3.8) is 0 Å². The normalized spacial score (nSPS) is 13.5. The van der Waals surface area contributed by atoms with Crippen LogP contribution in [0.25, 0.3) is 0 Å². The summed E-state index contributed by atoms with van der Waals surface area (Å²) >= 11 is 0. The van der Waals surface area contributed by atoms with Crippen LogP contribution < -0.4 is 5.73 Å². The first kappa shape index (κ1) is 13.7. The minimum absolute atomic E-state index is 0.0728. The van der Waals surface area contributed by atoms with Gasteiger partial charge in [0.25, 0.3) is 0 Å².